The van der Waals surface area contributed by atoms with Gasteiger partial charge in [0.15, 0.2) is 5.78 Å². The number of aromatic hydroxyl groups is 3. The Bertz CT molecular complexity index is 1230. The summed E-state index contributed by atoms with van der Waals surface area (Å²) in [5.74, 6) is -3.11. The van der Waals surface area contributed by atoms with Crippen LogP contribution in [0.4, 0.5) is 0 Å². The number of aliphatic hydroxyl groups is 8. The van der Waals surface area contributed by atoms with Crippen LogP contribution in [0.3, 0.4) is 0 Å². The number of phenols is 3. The molecule has 0 aliphatic carbocycles. The van der Waals surface area contributed by atoms with Crippen molar-refractivity contribution in [3.63, 3.8) is 0 Å². The highest BCUT2D eigenvalue weighted by molar-refractivity contribution is 6.02. The summed E-state index contributed by atoms with van der Waals surface area (Å²) < 4.78 is 16.5. The zero-order chi connectivity index (χ0) is 30.9. The van der Waals surface area contributed by atoms with Crippen molar-refractivity contribution in [2.45, 2.75) is 74.1 Å². The first kappa shape index (κ1) is 31.8. The standard InChI is InChI=1S/C27H34O15/c28-8-15-19(33)22(36)24(38)26(40-15)18-14(41-27-25(39)23(37)20(34)16(9-29)42-27)7-13(32)17(21(18)35)12(31)6-3-10-1-4-11(30)5-2-10/h1-2,4-5,7,15-16,19-20,22-30,32-39H,3,6,8-9H2/t15-,16-,19-,20-,22+,23+,24-,25-,26+,27-/m1/s1. The van der Waals surface area contributed by atoms with Gasteiger partial charge in [-0.25, -0.2) is 0 Å². The molecule has 10 atom stereocenters. The van der Waals surface area contributed by atoms with Crippen molar-refractivity contribution < 1.29 is 75.2 Å². The van der Waals surface area contributed by atoms with Crippen molar-refractivity contribution in [2.75, 3.05) is 13.2 Å². The molecule has 42 heavy (non-hydrogen) atoms. The largest absolute Gasteiger partial charge is 0.508 e. The Hall–Kier alpha value is -3.09. The van der Waals surface area contributed by atoms with Crippen LogP contribution in [0, 0.1) is 0 Å². The molecule has 2 aromatic rings. The molecule has 4 rings (SSSR count). The van der Waals surface area contributed by atoms with Gasteiger partial charge in [-0.2, -0.15) is 0 Å². The number of Topliss-reactive ketones (excluding diaryl/α,β-unsaturated/α-hetero) is 1. The SMILES string of the molecule is O=C(CCc1ccc(O)cc1)c1c(O)cc(O[C@@H]2O[C@H](CO)[C@@H](O)[C@H](O)[C@H]2O)c([C@@H]2O[C@H](CO)[C@@H](O)[C@H](O)[C@H]2O)c1O. The highest BCUT2D eigenvalue weighted by Gasteiger charge is 2.48. The summed E-state index contributed by atoms with van der Waals surface area (Å²) in [6, 6.07) is 6.79. The fourth-order valence-electron chi connectivity index (χ4n) is 4.97. The van der Waals surface area contributed by atoms with E-state index in [4.69, 9.17) is 14.2 Å². The van der Waals surface area contributed by atoms with Crippen LogP contribution >= 0.6 is 0 Å². The average molecular weight is 599 g/mol. The van der Waals surface area contributed by atoms with Crippen molar-refractivity contribution in [1.29, 1.82) is 0 Å². The number of ketones is 1. The molecular weight excluding hydrogens is 564 g/mol. The summed E-state index contributed by atoms with van der Waals surface area (Å²) in [7, 11) is 0. The normalized spacial score (nSPS) is 33.3. The van der Waals surface area contributed by atoms with Gasteiger partial charge in [0.25, 0.3) is 0 Å². The molecule has 0 saturated carbocycles. The van der Waals surface area contributed by atoms with Crippen molar-refractivity contribution in [3.05, 3.63) is 47.0 Å². The number of hydrogen-bond acceptors (Lipinski definition) is 15. The number of aliphatic hydroxyl groups excluding tert-OH is 8. The maximum atomic E-state index is 13.2. The molecule has 2 aliphatic rings. The van der Waals surface area contributed by atoms with Crippen LogP contribution in [0.1, 0.15) is 34.0 Å². The number of carbonyl (C=O) groups excluding carboxylic acids is 1. The molecule has 232 valence electrons. The van der Waals surface area contributed by atoms with Crippen LogP contribution in [-0.2, 0) is 15.9 Å². The maximum Gasteiger partial charge on any atom is 0.229 e. The van der Waals surface area contributed by atoms with Gasteiger partial charge in [0.2, 0.25) is 6.29 Å². The molecular formula is C27H34O15. The van der Waals surface area contributed by atoms with Gasteiger partial charge in [0.05, 0.1) is 18.8 Å². The molecule has 0 radical (unpaired) electrons. The molecule has 2 aliphatic heterocycles. The quantitative estimate of drug-likeness (QED) is 0.131. The lowest BCUT2D eigenvalue weighted by atomic mass is 9.88. The van der Waals surface area contributed by atoms with Crippen LogP contribution in [0.5, 0.6) is 23.0 Å². The van der Waals surface area contributed by atoms with Crippen molar-refractivity contribution >= 4 is 5.78 Å². The van der Waals surface area contributed by atoms with E-state index in [1.807, 2.05) is 0 Å². The monoisotopic (exact) mass is 598 g/mol. The first-order valence-corrected chi connectivity index (χ1v) is 13.1. The molecule has 0 spiro atoms. The third-order valence-electron chi connectivity index (χ3n) is 7.41. The lowest BCUT2D eigenvalue weighted by molar-refractivity contribution is -0.278. The molecule has 0 aromatic heterocycles. The number of benzene rings is 2. The van der Waals surface area contributed by atoms with Crippen molar-refractivity contribution in [1.82, 2.24) is 0 Å². The number of aryl methyl sites for hydroxylation is 1. The minimum Gasteiger partial charge on any atom is -0.508 e. The predicted molar refractivity (Wildman–Crippen MR) is 138 cm³/mol. The topological polar surface area (TPSA) is 267 Å². The lowest BCUT2D eigenvalue weighted by Crippen LogP contribution is -2.60. The van der Waals surface area contributed by atoms with E-state index in [2.05, 4.69) is 0 Å². The number of carbonyl (C=O) groups is 1. The Morgan fingerprint density at radius 3 is 1.93 bits per heavy atom. The molecule has 0 unspecified atom stereocenters. The lowest BCUT2D eigenvalue weighted by Gasteiger charge is -2.42. The Balaban J connectivity index is 1.75. The van der Waals surface area contributed by atoms with Crippen molar-refractivity contribution in [2.24, 2.45) is 0 Å². The summed E-state index contributed by atoms with van der Waals surface area (Å²) in [4.78, 5) is 13.2. The smallest absolute Gasteiger partial charge is 0.229 e. The molecule has 2 heterocycles. The van der Waals surface area contributed by atoms with E-state index in [0.717, 1.165) is 6.07 Å². The average Bonchev–Trinajstić information content (AvgIpc) is 2.96. The second kappa shape index (κ2) is 13.0. The minimum absolute atomic E-state index is 0.0135. The maximum absolute atomic E-state index is 13.2. The highest BCUT2D eigenvalue weighted by atomic mass is 16.7. The number of phenolic OH excluding ortho intramolecular Hbond substituents is 3. The van der Waals surface area contributed by atoms with Crippen LogP contribution < -0.4 is 4.74 Å². The first-order valence-electron chi connectivity index (χ1n) is 13.1. The van der Waals surface area contributed by atoms with Crippen LogP contribution in [0.15, 0.2) is 30.3 Å². The van der Waals surface area contributed by atoms with Gasteiger partial charge < -0.3 is 70.4 Å². The fraction of sp³-hybridized carbons (Fsp3) is 0.519. The van der Waals surface area contributed by atoms with E-state index in [-0.39, 0.29) is 18.6 Å². The molecule has 15 heteroatoms. The third-order valence-corrected chi connectivity index (χ3v) is 7.41. The van der Waals surface area contributed by atoms with Gasteiger partial charge in [-0.3, -0.25) is 4.79 Å². The predicted octanol–water partition coefficient (Wildman–Crippen LogP) is -2.69. The van der Waals surface area contributed by atoms with Gasteiger partial charge in [-0.15, -0.1) is 0 Å². The third kappa shape index (κ3) is 6.16. The second-order valence-electron chi connectivity index (χ2n) is 10.2. The van der Waals surface area contributed by atoms with Gasteiger partial charge in [0, 0.05) is 12.5 Å². The zero-order valence-electron chi connectivity index (χ0n) is 22.0. The van der Waals surface area contributed by atoms with Gasteiger partial charge in [-0.1, -0.05) is 12.1 Å². The van der Waals surface area contributed by atoms with Crippen LogP contribution in [0.2, 0.25) is 0 Å². The number of hydrogen-bond donors (Lipinski definition) is 11. The summed E-state index contributed by atoms with van der Waals surface area (Å²) in [5, 5.41) is 113. The summed E-state index contributed by atoms with van der Waals surface area (Å²) >= 11 is 0. The van der Waals surface area contributed by atoms with E-state index < -0.39 is 109 Å². The van der Waals surface area contributed by atoms with E-state index in [0.29, 0.717) is 5.56 Å². The molecule has 11 N–H and O–H groups in total. The summed E-state index contributed by atoms with van der Waals surface area (Å²) in [6.07, 6.45) is -17.8. The molecule has 15 nitrogen and oxygen atoms in total. The van der Waals surface area contributed by atoms with E-state index in [1.54, 1.807) is 12.1 Å². The van der Waals surface area contributed by atoms with Gasteiger partial charge >= 0.3 is 0 Å². The number of ether oxygens (including phenoxy) is 3. The first-order chi connectivity index (χ1) is 19.9. The van der Waals surface area contributed by atoms with Crippen LogP contribution in [0.25, 0.3) is 0 Å². The summed E-state index contributed by atoms with van der Waals surface area (Å²) in [6.45, 7) is -1.63. The Morgan fingerprint density at radius 1 is 0.762 bits per heavy atom. The Morgan fingerprint density at radius 2 is 1.33 bits per heavy atom. The molecule has 0 bridgehead atoms. The summed E-state index contributed by atoms with van der Waals surface area (Å²) in [5.41, 5.74) is -0.520. The van der Waals surface area contributed by atoms with Crippen LogP contribution in [-0.4, -0.2) is 130 Å². The van der Waals surface area contributed by atoms with Gasteiger partial charge in [-0.05, 0) is 24.1 Å². The zero-order valence-corrected chi connectivity index (χ0v) is 22.0. The van der Waals surface area contributed by atoms with E-state index in [1.165, 1.54) is 12.1 Å². The minimum atomic E-state index is -1.98. The molecule has 2 saturated heterocycles. The highest BCUT2D eigenvalue weighted by Crippen LogP contribution is 2.47. The molecule has 2 fully saturated rings. The second-order valence-corrected chi connectivity index (χ2v) is 10.2. The Kier molecular flexibility index (Phi) is 9.89. The van der Waals surface area contributed by atoms with E-state index in [9.17, 15) is 61.0 Å². The van der Waals surface area contributed by atoms with E-state index >= 15 is 0 Å². The number of rotatable bonds is 9. The Labute approximate surface area is 238 Å². The fourth-order valence-corrected chi connectivity index (χ4v) is 4.97. The molecule has 0 amide bonds. The molecule has 2 aromatic carbocycles. The van der Waals surface area contributed by atoms with Gasteiger partial charge in [0.1, 0.15) is 83.5 Å². The van der Waals surface area contributed by atoms with Crippen molar-refractivity contribution in [3.8, 4) is 23.0 Å².